The Hall–Kier alpha value is -3.04. The van der Waals surface area contributed by atoms with Crippen LogP contribution in [0.4, 0.5) is 5.69 Å². The average molecular weight is 404 g/mol. The molecular weight excluding hydrogens is 384 g/mol. The molecule has 0 aliphatic rings. The number of aryl methyl sites for hydroxylation is 1. The number of ether oxygens (including phenoxy) is 1. The zero-order chi connectivity index (χ0) is 20.7. The van der Waals surface area contributed by atoms with E-state index in [2.05, 4.69) is 10.0 Å². The van der Waals surface area contributed by atoms with Crippen LogP contribution in [0.2, 0.25) is 0 Å². The summed E-state index contributed by atoms with van der Waals surface area (Å²) in [7, 11) is -3.86. The fourth-order valence-corrected chi connectivity index (χ4v) is 3.13. The molecule has 0 atom stereocenters. The molecular formula is C19H20N2O6S. The SMILES string of the molecule is CC(=O)c1cccc(NC(=O)COC(=O)CNS(=O)(=O)c2ccc(C)cc2)c1. The van der Waals surface area contributed by atoms with Crippen LogP contribution >= 0.6 is 0 Å². The van der Waals surface area contributed by atoms with Gasteiger partial charge in [0.15, 0.2) is 12.4 Å². The van der Waals surface area contributed by atoms with Crippen LogP contribution in [-0.2, 0) is 24.3 Å². The molecule has 9 heteroatoms. The highest BCUT2D eigenvalue weighted by atomic mass is 32.2. The summed E-state index contributed by atoms with van der Waals surface area (Å²) in [4.78, 5) is 34.9. The summed E-state index contributed by atoms with van der Waals surface area (Å²) in [5.74, 6) is -1.66. The Morgan fingerprint density at radius 3 is 2.36 bits per heavy atom. The highest BCUT2D eigenvalue weighted by molar-refractivity contribution is 7.89. The van der Waals surface area contributed by atoms with Crippen LogP contribution in [0.15, 0.2) is 53.4 Å². The van der Waals surface area contributed by atoms with E-state index in [-0.39, 0.29) is 10.7 Å². The van der Waals surface area contributed by atoms with Crippen LogP contribution in [0.5, 0.6) is 0 Å². The number of hydrogen-bond acceptors (Lipinski definition) is 6. The number of sulfonamides is 1. The lowest BCUT2D eigenvalue weighted by Gasteiger charge is -2.09. The lowest BCUT2D eigenvalue weighted by molar-refractivity contribution is -0.146. The maximum atomic E-state index is 12.1. The number of rotatable bonds is 8. The van der Waals surface area contributed by atoms with E-state index >= 15 is 0 Å². The van der Waals surface area contributed by atoms with Gasteiger partial charge in [-0.1, -0.05) is 29.8 Å². The summed E-state index contributed by atoms with van der Waals surface area (Å²) in [5, 5.41) is 2.49. The van der Waals surface area contributed by atoms with Crippen molar-refractivity contribution in [1.29, 1.82) is 0 Å². The van der Waals surface area contributed by atoms with E-state index in [1.54, 1.807) is 30.3 Å². The highest BCUT2D eigenvalue weighted by Gasteiger charge is 2.16. The second kappa shape index (κ2) is 9.25. The average Bonchev–Trinajstić information content (AvgIpc) is 2.65. The van der Waals surface area contributed by atoms with Gasteiger partial charge in [0.1, 0.15) is 6.54 Å². The van der Waals surface area contributed by atoms with Crippen molar-refractivity contribution < 1.29 is 27.5 Å². The molecule has 2 rings (SSSR count). The zero-order valence-corrected chi connectivity index (χ0v) is 16.2. The molecule has 2 aromatic carbocycles. The minimum Gasteiger partial charge on any atom is -0.455 e. The molecule has 148 valence electrons. The molecule has 0 heterocycles. The number of Topliss-reactive ketones (excluding diaryl/α,β-unsaturated/α-hetero) is 1. The van der Waals surface area contributed by atoms with Crippen molar-refractivity contribution in [2.45, 2.75) is 18.7 Å². The van der Waals surface area contributed by atoms with Crippen molar-refractivity contribution in [2.24, 2.45) is 0 Å². The Morgan fingerprint density at radius 1 is 1.04 bits per heavy atom. The van der Waals surface area contributed by atoms with Crippen LogP contribution in [0.25, 0.3) is 0 Å². The Labute approximate surface area is 163 Å². The summed E-state index contributed by atoms with van der Waals surface area (Å²) in [6.45, 7) is 2.03. The standard InChI is InChI=1S/C19H20N2O6S/c1-13-6-8-17(9-7-13)28(25,26)20-11-19(24)27-12-18(23)21-16-5-3-4-15(10-16)14(2)22/h3-10,20H,11-12H2,1-2H3,(H,21,23). The molecule has 2 aromatic rings. The largest absolute Gasteiger partial charge is 0.455 e. The number of nitrogens with one attached hydrogen (secondary N) is 2. The quantitative estimate of drug-likeness (QED) is 0.510. The van der Waals surface area contributed by atoms with Crippen LogP contribution in [0.1, 0.15) is 22.8 Å². The van der Waals surface area contributed by atoms with Gasteiger partial charge in [0.25, 0.3) is 5.91 Å². The lowest BCUT2D eigenvalue weighted by atomic mass is 10.1. The molecule has 0 radical (unpaired) electrons. The van der Waals surface area contributed by atoms with Crippen LogP contribution in [0, 0.1) is 6.92 Å². The summed E-state index contributed by atoms with van der Waals surface area (Å²) in [5.41, 5.74) is 1.72. The van der Waals surface area contributed by atoms with Gasteiger partial charge < -0.3 is 10.1 Å². The number of ketones is 1. The van der Waals surface area contributed by atoms with E-state index in [4.69, 9.17) is 4.74 Å². The van der Waals surface area contributed by atoms with Gasteiger partial charge in [-0.3, -0.25) is 14.4 Å². The van der Waals surface area contributed by atoms with Crippen molar-refractivity contribution in [3.05, 3.63) is 59.7 Å². The summed E-state index contributed by atoms with van der Waals surface area (Å²) in [6.07, 6.45) is 0. The molecule has 8 nitrogen and oxygen atoms in total. The van der Waals surface area contributed by atoms with Gasteiger partial charge in [-0.05, 0) is 38.1 Å². The highest BCUT2D eigenvalue weighted by Crippen LogP contribution is 2.11. The predicted molar refractivity (Wildman–Crippen MR) is 102 cm³/mol. The van der Waals surface area contributed by atoms with Crippen molar-refractivity contribution in [3.8, 4) is 0 Å². The Balaban J connectivity index is 1.82. The summed E-state index contributed by atoms with van der Waals surface area (Å²) in [6, 6.07) is 12.4. The monoisotopic (exact) mass is 404 g/mol. The maximum Gasteiger partial charge on any atom is 0.321 e. The van der Waals surface area contributed by atoms with Gasteiger partial charge in [0, 0.05) is 11.3 Å². The topological polar surface area (TPSA) is 119 Å². The molecule has 0 aromatic heterocycles. The lowest BCUT2D eigenvalue weighted by Crippen LogP contribution is -2.32. The van der Waals surface area contributed by atoms with Crippen LogP contribution in [-0.4, -0.2) is 39.2 Å². The molecule has 0 spiro atoms. The fraction of sp³-hybridized carbons (Fsp3) is 0.211. The molecule has 0 aliphatic carbocycles. The Kier molecular flexibility index (Phi) is 7.02. The van der Waals surface area contributed by atoms with E-state index in [9.17, 15) is 22.8 Å². The first-order valence-corrected chi connectivity index (χ1v) is 9.78. The van der Waals surface area contributed by atoms with E-state index < -0.39 is 35.1 Å². The molecule has 0 fully saturated rings. The van der Waals surface area contributed by atoms with Crippen molar-refractivity contribution >= 4 is 33.4 Å². The summed E-state index contributed by atoms with van der Waals surface area (Å²) >= 11 is 0. The number of anilines is 1. The molecule has 1 amide bonds. The smallest absolute Gasteiger partial charge is 0.321 e. The Bertz CT molecular complexity index is 984. The molecule has 0 bridgehead atoms. The maximum absolute atomic E-state index is 12.1. The normalized spacial score (nSPS) is 10.9. The van der Waals surface area contributed by atoms with Crippen molar-refractivity contribution in [3.63, 3.8) is 0 Å². The van der Waals surface area contributed by atoms with Crippen LogP contribution < -0.4 is 10.0 Å². The predicted octanol–water partition coefficient (Wildman–Crippen LogP) is 1.66. The third kappa shape index (κ3) is 6.29. The van der Waals surface area contributed by atoms with Gasteiger partial charge in [-0.15, -0.1) is 0 Å². The van der Waals surface area contributed by atoms with Gasteiger partial charge >= 0.3 is 5.97 Å². The number of benzene rings is 2. The first kappa shape index (κ1) is 21.3. The van der Waals surface area contributed by atoms with E-state index in [0.717, 1.165) is 5.56 Å². The number of hydrogen-bond donors (Lipinski definition) is 2. The minimum absolute atomic E-state index is 0.0222. The zero-order valence-electron chi connectivity index (χ0n) is 15.4. The number of carbonyl (C=O) groups is 3. The molecule has 0 saturated heterocycles. The number of esters is 1. The van der Waals surface area contributed by atoms with Gasteiger partial charge in [-0.25, -0.2) is 8.42 Å². The van der Waals surface area contributed by atoms with Gasteiger partial charge in [0.2, 0.25) is 10.0 Å². The fourth-order valence-electron chi connectivity index (χ4n) is 2.16. The third-order valence-electron chi connectivity index (χ3n) is 3.65. The number of amides is 1. The Morgan fingerprint density at radius 2 is 1.71 bits per heavy atom. The van der Waals surface area contributed by atoms with E-state index in [1.807, 2.05) is 6.92 Å². The second-order valence-electron chi connectivity index (χ2n) is 5.98. The van der Waals surface area contributed by atoms with Crippen molar-refractivity contribution in [1.82, 2.24) is 4.72 Å². The van der Waals surface area contributed by atoms with Gasteiger partial charge in [-0.2, -0.15) is 4.72 Å². The van der Waals surface area contributed by atoms with Gasteiger partial charge in [0.05, 0.1) is 4.90 Å². The molecule has 0 aliphatic heterocycles. The minimum atomic E-state index is -3.86. The van der Waals surface area contributed by atoms with Crippen LogP contribution in [0.3, 0.4) is 0 Å². The molecule has 28 heavy (non-hydrogen) atoms. The first-order chi connectivity index (χ1) is 13.2. The van der Waals surface area contributed by atoms with E-state index in [0.29, 0.717) is 11.3 Å². The third-order valence-corrected chi connectivity index (χ3v) is 5.07. The second-order valence-corrected chi connectivity index (χ2v) is 7.75. The number of carbonyl (C=O) groups excluding carboxylic acids is 3. The molecule has 0 saturated carbocycles. The molecule has 2 N–H and O–H groups in total. The van der Waals surface area contributed by atoms with E-state index in [1.165, 1.54) is 25.1 Å². The molecule has 0 unspecified atom stereocenters. The first-order valence-electron chi connectivity index (χ1n) is 8.30. The summed E-state index contributed by atoms with van der Waals surface area (Å²) < 4.78 is 31.1. The van der Waals surface area contributed by atoms with Crippen molar-refractivity contribution in [2.75, 3.05) is 18.5 Å².